The van der Waals surface area contributed by atoms with E-state index in [4.69, 9.17) is 9.47 Å². The van der Waals surface area contributed by atoms with Crippen molar-refractivity contribution in [2.75, 3.05) is 40.5 Å². The van der Waals surface area contributed by atoms with Gasteiger partial charge in [0.25, 0.3) is 5.91 Å². The Bertz CT molecular complexity index is 1860. The van der Waals surface area contributed by atoms with Crippen LogP contribution in [-0.2, 0) is 26.1 Å². The second-order valence-electron chi connectivity index (χ2n) is 15.6. The molecule has 3 aliphatic carbocycles. The molecule has 0 spiro atoms. The van der Waals surface area contributed by atoms with E-state index in [2.05, 4.69) is 38.3 Å². The normalized spacial score (nSPS) is 24.4. The summed E-state index contributed by atoms with van der Waals surface area (Å²) in [5.41, 5.74) is 4.05. The Labute approximate surface area is 295 Å². The molecule has 3 heterocycles. The molecule has 5 aliphatic rings. The van der Waals surface area contributed by atoms with Crippen molar-refractivity contribution in [1.82, 2.24) is 19.1 Å². The number of amides is 2. The van der Waals surface area contributed by atoms with E-state index in [0.717, 1.165) is 92.4 Å². The molecule has 2 amide bonds. The first-order valence-electron chi connectivity index (χ1n) is 18.6. The minimum absolute atomic E-state index is 0.0369. The fourth-order valence-corrected chi connectivity index (χ4v) is 10.9. The predicted molar refractivity (Wildman–Crippen MR) is 193 cm³/mol. The first kappa shape index (κ1) is 33.7. The second-order valence-corrected chi connectivity index (χ2v) is 17.5. The molecule has 2 saturated heterocycles. The molecule has 2 bridgehead atoms. The average molecular weight is 703 g/mol. The zero-order chi connectivity index (χ0) is 34.6. The highest BCUT2D eigenvalue weighted by Crippen LogP contribution is 2.53. The molecule has 50 heavy (non-hydrogen) atoms. The maximum Gasteiger partial charge on any atom is 0.264 e. The number of methoxy groups -OCH3 is 1. The van der Waals surface area contributed by atoms with Gasteiger partial charge in [0.1, 0.15) is 5.75 Å². The van der Waals surface area contributed by atoms with Gasteiger partial charge in [-0.05, 0) is 99.0 Å². The van der Waals surface area contributed by atoms with Crippen molar-refractivity contribution in [2.24, 2.45) is 5.41 Å². The lowest BCUT2D eigenvalue weighted by molar-refractivity contribution is -0.160. The Hall–Kier alpha value is -3.41. The number of rotatable bonds is 9. The molecule has 268 valence electrons. The maximum atomic E-state index is 14.7. The van der Waals surface area contributed by atoms with Gasteiger partial charge in [0.2, 0.25) is 15.9 Å². The molecule has 10 nitrogen and oxygen atoms in total. The maximum absolute atomic E-state index is 14.7. The summed E-state index contributed by atoms with van der Waals surface area (Å²) >= 11 is 0. The van der Waals surface area contributed by atoms with Crippen LogP contribution in [0.1, 0.15) is 92.5 Å². The van der Waals surface area contributed by atoms with Crippen molar-refractivity contribution in [2.45, 2.75) is 100 Å². The van der Waals surface area contributed by atoms with Crippen LogP contribution in [0, 0.1) is 5.41 Å². The van der Waals surface area contributed by atoms with E-state index in [-0.39, 0.29) is 18.0 Å². The van der Waals surface area contributed by atoms with Crippen molar-refractivity contribution in [3.63, 3.8) is 0 Å². The van der Waals surface area contributed by atoms with Gasteiger partial charge < -0.3 is 23.8 Å². The number of morpholine rings is 1. The highest BCUT2D eigenvalue weighted by molar-refractivity contribution is 7.90. The molecule has 1 aromatic heterocycles. The molecular weight excluding hydrogens is 653 g/mol. The van der Waals surface area contributed by atoms with Crippen molar-refractivity contribution >= 4 is 32.7 Å². The summed E-state index contributed by atoms with van der Waals surface area (Å²) in [4.78, 5) is 32.8. The highest BCUT2D eigenvalue weighted by Gasteiger charge is 2.56. The molecule has 8 rings (SSSR count). The number of aromatic nitrogens is 1. The van der Waals surface area contributed by atoms with E-state index < -0.39 is 26.6 Å². The van der Waals surface area contributed by atoms with Gasteiger partial charge in [-0.2, -0.15) is 0 Å². The van der Waals surface area contributed by atoms with Crippen LogP contribution >= 0.6 is 0 Å². The number of nitrogens with zero attached hydrogens (tertiary/aromatic N) is 3. The predicted octanol–water partition coefficient (Wildman–Crippen LogP) is 5.69. The van der Waals surface area contributed by atoms with E-state index in [0.29, 0.717) is 44.1 Å². The Balaban J connectivity index is 1.25. The number of hydrogen-bond acceptors (Lipinski definition) is 7. The first-order valence-corrected chi connectivity index (χ1v) is 20.2. The van der Waals surface area contributed by atoms with E-state index in [9.17, 15) is 18.0 Å². The summed E-state index contributed by atoms with van der Waals surface area (Å²) in [6.45, 7) is 3.21. The number of likely N-dealkylation sites (N-methyl/N-ethyl adjacent to an activating group) is 1. The van der Waals surface area contributed by atoms with Crippen molar-refractivity contribution < 1.29 is 27.5 Å². The molecule has 5 fully saturated rings. The van der Waals surface area contributed by atoms with E-state index in [1.807, 2.05) is 24.3 Å². The van der Waals surface area contributed by atoms with Crippen molar-refractivity contribution in [3.8, 4) is 17.0 Å². The van der Waals surface area contributed by atoms with Crippen LogP contribution in [0.5, 0.6) is 5.75 Å². The Kier molecular flexibility index (Phi) is 8.96. The third kappa shape index (κ3) is 6.13. The summed E-state index contributed by atoms with van der Waals surface area (Å²) in [7, 11) is 0.00804. The number of fused-ring (bicyclic) bond motifs is 3. The summed E-state index contributed by atoms with van der Waals surface area (Å²) in [5.74, 6) is 0.726. The molecule has 1 N–H and O–H groups in total. The van der Waals surface area contributed by atoms with E-state index in [1.165, 1.54) is 12.0 Å². The van der Waals surface area contributed by atoms with Crippen LogP contribution in [0.2, 0.25) is 0 Å². The molecule has 3 aromatic rings. The minimum Gasteiger partial charge on any atom is -0.497 e. The average Bonchev–Trinajstić information content (AvgIpc) is 3.53. The molecule has 2 aliphatic heterocycles. The highest BCUT2D eigenvalue weighted by atomic mass is 32.2. The Morgan fingerprint density at radius 2 is 1.58 bits per heavy atom. The van der Waals surface area contributed by atoms with Gasteiger partial charge in [-0.3, -0.25) is 9.59 Å². The summed E-state index contributed by atoms with van der Waals surface area (Å²) in [6.07, 6.45) is 10.2. The zero-order valence-electron chi connectivity index (χ0n) is 29.4. The topological polar surface area (TPSA) is 110 Å². The van der Waals surface area contributed by atoms with Crippen LogP contribution < -0.4 is 9.46 Å². The van der Waals surface area contributed by atoms with E-state index in [1.54, 1.807) is 13.2 Å². The molecule has 2 aromatic carbocycles. The van der Waals surface area contributed by atoms with Gasteiger partial charge in [-0.25, -0.2) is 13.1 Å². The SMILES string of the molecule is COc1ccc(-c2c(C3CCCCC3)c3ccc(C(=O)NS(=O)(=O)C4CCCC4)cc3n2CC2(C(=O)N3[C@@H]4COC[C@H]3CN(C)C4)CC2)cc1. The van der Waals surface area contributed by atoms with Crippen LogP contribution in [-0.4, -0.2) is 92.4 Å². The molecular formula is C39H50N4O6S. The fraction of sp³-hybridized carbons (Fsp3) is 0.590. The van der Waals surface area contributed by atoms with Crippen LogP contribution in [0.3, 0.4) is 0 Å². The van der Waals surface area contributed by atoms with Crippen LogP contribution in [0.4, 0.5) is 0 Å². The number of piperazine rings is 1. The number of carbonyl (C=O) groups is 2. The number of nitrogens with one attached hydrogen (secondary N) is 1. The van der Waals surface area contributed by atoms with Crippen LogP contribution in [0.15, 0.2) is 42.5 Å². The van der Waals surface area contributed by atoms with Gasteiger partial charge in [-0.15, -0.1) is 0 Å². The number of hydrogen-bond donors (Lipinski definition) is 1. The van der Waals surface area contributed by atoms with Crippen LogP contribution in [0.25, 0.3) is 22.2 Å². The summed E-state index contributed by atoms with van der Waals surface area (Å²) < 4.78 is 42.5. The zero-order valence-corrected chi connectivity index (χ0v) is 30.2. The number of ether oxygens (including phenoxy) is 2. The fourth-order valence-electron chi connectivity index (χ4n) is 9.39. The van der Waals surface area contributed by atoms with Gasteiger partial charge in [0, 0.05) is 36.1 Å². The number of benzene rings is 2. The summed E-state index contributed by atoms with van der Waals surface area (Å²) in [6, 6.07) is 13.9. The van der Waals surface area contributed by atoms with Gasteiger partial charge >= 0.3 is 0 Å². The third-order valence-corrected chi connectivity index (χ3v) is 14.0. The van der Waals surface area contributed by atoms with Gasteiger partial charge in [-0.1, -0.05) is 38.2 Å². The van der Waals surface area contributed by atoms with E-state index >= 15 is 0 Å². The first-order chi connectivity index (χ1) is 24.2. The van der Waals surface area contributed by atoms with Crippen molar-refractivity contribution in [1.29, 1.82) is 0 Å². The van der Waals surface area contributed by atoms with Crippen molar-refractivity contribution in [3.05, 3.63) is 53.6 Å². The summed E-state index contributed by atoms with van der Waals surface area (Å²) in [5, 5.41) is 0.546. The molecule has 2 atom stereocenters. The third-order valence-electron chi connectivity index (χ3n) is 12.2. The number of carbonyl (C=O) groups excluding carboxylic acids is 2. The Morgan fingerprint density at radius 1 is 0.920 bits per heavy atom. The molecule has 0 radical (unpaired) electrons. The van der Waals surface area contributed by atoms with Gasteiger partial charge in [0.15, 0.2) is 0 Å². The quantitative estimate of drug-likeness (QED) is 0.305. The lowest BCUT2D eigenvalue weighted by atomic mass is 9.81. The Morgan fingerprint density at radius 3 is 2.22 bits per heavy atom. The van der Waals surface area contributed by atoms with Gasteiger partial charge in [0.05, 0.1) is 48.8 Å². The second kappa shape index (κ2) is 13.3. The number of sulfonamides is 1. The molecule has 0 unspecified atom stereocenters. The lowest BCUT2D eigenvalue weighted by Gasteiger charge is -2.50. The monoisotopic (exact) mass is 702 g/mol. The molecule has 3 saturated carbocycles. The standard InChI is InChI=1S/C39H50N4O6S/c1-41-21-29-23-49-24-30(22-41)43(29)38(45)39(18-19-39)25-42-34-20-28(37(44)40-50(46,47)32-10-6-7-11-32)14-17-33(34)35(26-8-4-3-5-9-26)36(42)27-12-15-31(48-2)16-13-27/h12-17,20,26,29-30,32H,3-11,18-19,21-25H2,1-2H3,(H,40,44)/t29-,30+. The largest absolute Gasteiger partial charge is 0.497 e. The molecule has 11 heteroatoms. The lowest BCUT2D eigenvalue weighted by Crippen LogP contribution is -2.66. The minimum atomic E-state index is -3.78. The smallest absolute Gasteiger partial charge is 0.264 e.